The van der Waals surface area contributed by atoms with Crippen LogP contribution in [0.15, 0.2) is 64.4 Å². The fourth-order valence-corrected chi connectivity index (χ4v) is 6.79. The minimum Gasteiger partial charge on any atom is -0.488 e. The van der Waals surface area contributed by atoms with Gasteiger partial charge in [0, 0.05) is 19.3 Å². The number of hydrogen-bond donors (Lipinski definition) is 0. The Morgan fingerprint density at radius 3 is 2.55 bits per heavy atom. The summed E-state index contributed by atoms with van der Waals surface area (Å²) in [4.78, 5) is 25.9. The maximum absolute atomic E-state index is 15.8. The predicted molar refractivity (Wildman–Crippen MR) is 147 cm³/mol. The lowest BCUT2D eigenvalue weighted by Gasteiger charge is -2.29. The van der Waals surface area contributed by atoms with Crippen molar-refractivity contribution in [2.45, 2.75) is 44.8 Å². The summed E-state index contributed by atoms with van der Waals surface area (Å²) in [5, 5.41) is 0.0323. The second-order valence-electron chi connectivity index (χ2n) is 10.2. The molecule has 3 heterocycles. The third-order valence-corrected chi connectivity index (χ3v) is 9.31. The Labute approximate surface area is 230 Å². The van der Waals surface area contributed by atoms with Gasteiger partial charge in [0.2, 0.25) is 15.5 Å². The summed E-state index contributed by atoms with van der Waals surface area (Å²) >= 11 is 0. The van der Waals surface area contributed by atoms with Crippen molar-refractivity contribution in [1.29, 1.82) is 0 Å². The molecule has 1 atom stereocenters. The second kappa shape index (κ2) is 9.57. The van der Waals surface area contributed by atoms with Crippen molar-refractivity contribution < 1.29 is 27.1 Å². The van der Waals surface area contributed by atoms with E-state index < -0.39 is 27.2 Å². The van der Waals surface area contributed by atoms with E-state index in [4.69, 9.17) is 9.47 Å². The van der Waals surface area contributed by atoms with Gasteiger partial charge in [-0.3, -0.25) is 4.79 Å². The van der Waals surface area contributed by atoms with E-state index >= 15 is 4.39 Å². The number of nitrogens with zero attached hydrogens (tertiary/aromatic N) is 2. The smallest absolute Gasteiger partial charge is 0.343 e. The summed E-state index contributed by atoms with van der Waals surface area (Å²) in [6, 6.07) is 12.9. The highest BCUT2D eigenvalue weighted by atomic mass is 32.2. The van der Waals surface area contributed by atoms with E-state index in [1.807, 2.05) is 13.8 Å². The maximum Gasteiger partial charge on any atom is 0.343 e. The summed E-state index contributed by atoms with van der Waals surface area (Å²) in [6.07, 6.45) is 1.46. The lowest BCUT2D eigenvalue weighted by atomic mass is 9.96. The van der Waals surface area contributed by atoms with E-state index in [0.717, 1.165) is 22.8 Å². The highest BCUT2D eigenvalue weighted by Crippen LogP contribution is 2.43. The molecule has 0 saturated heterocycles. The highest BCUT2D eigenvalue weighted by Gasteiger charge is 2.33. The quantitative estimate of drug-likeness (QED) is 0.320. The molecule has 0 amide bonds. The summed E-state index contributed by atoms with van der Waals surface area (Å²) in [5.74, 6) is -1.22. The molecule has 3 aromatic carbocycles. The SMILES string of the molecule is CCOC(=O)c1cn2c3c(c(-c4ccc5c(c4)CN(S(=O)(=O)c4ccc(C)cc4)C5)c(F)cc3c1=O)OC[C@@H]2C. The zero-order valence-electron chi connectivity index (χ0n) is 22.2. The molecular formula is C30H27FN2O6S. The summed E-state index contributed by atoms with van der Waals surface area (Å²) in [6.45, 7) is 6.09. The first-order valence-electron chi connectivity index (χ1n) is 13.0. The molecule has 0 spiro atoms. The van der Waals surface area contributed by atoms with E-state index in [1.54, 1.807) is 54.0 Å². The van der Waals surface area contributed by atoms with Gasteiger partial charge in [0.1, 0.15) is 18.0 Å². The molecule has 206 valence electrons. The molecule has 0 bridgehead atoms. The number of rotatable bonds is 5. The zero-order valence-corrected chi connectivity index (χ0v) is 23.0. The third-order valence-electron chi connectivity index (χ3n) is 7.51. The number of esters is 1. The Morgan fingerprint density at radius 2 is 1.82 bits per heavy atom. The molecule has 0 aliphatic carbocycles. The number of carbonyl (C=O) groups excluding carboxylic acids is 1. The number of pyridine rings is 1. The number of halogens is 1. The molecule has 1 aromatic heterocycles. The minimum atomic E-state index is -3.71. The predicted octanol–water partition coefficient (Wildman–Crippen LogP) is 4.95. The molecule has 10 heteroatoms. The molecule has 4 aromatic rings. The normalized spacial score (nSPS) is 16.6. The van der Waals surface area contributed by atoms with Crippen LogP contribution in [0.25, 0.3) is 22.0 Å². The van der Waals surface area contributed by atoms with Crippen LogP contribution in [-0.4, -0.2) is 36.5 Å². The van der Waals surface area contributed by atoms with E-state index in [9.17, 15) is 18.0 Å². The van der Waals surface area contributed by atoms with Gasteiger partial charge in [-0.25, -0.2) is 17.6 Å². The molecule has 0 radical (unpaired) electrons. The number of sulfonamides is 1. The van der Waals surface area contributed by atoms with Crippen molar-refractivity contribution in [3.8, 4) is 16.9 Å². The molecule has 0 N–H and O–H groups in total. The topological polar surface area (TPSA) is 94.9 Å². The molecule has 0 unspecified atom stereocenters. The minimum absolute atomic E-state index is 0.0323. The fraction of sp³-hybridized carbons (Fsp3) is 0.267. The van der Waals surface area contributed by atoms with Crippen molar-refractivity contribution in [1.82, 2.24) is 8.87 Å². The molecule has 6 rings (SSSR count). The van der Waals surface area contributed by atoms with Crippen molar-refractivity contribution in [3.05, 3.63) is 93.0 Å². The van der Waals surface area contributed by atoms with Crippen LogP contribution in [0.3, 0.4) is 0 Å². The van der Waals surface area contributed by atoms with Gasteiger partial charge in [-0.05, 0) is 61.7 Å². The number of ether oxygens (including phenoxy) is 2. The number of benzene rings is 3. The van der Waals surface area contributed by atoms with Crippen LogP contribution in [0.4, 0.5) is 4.39 Å². The van der Waals surface area contributed by atoms with Gasteiger partial charge >= 0.3 is 5.97 Å². The zero-order chi connectivity index (χ0) is 28.3. The van der Waals surface area contributed by atoms with Crippen LogP contribution in [0.1, 0.15) is 46.9 Å². The average Bonchev–Trinajstić information content (AvgIpc) is 3.36. The third kappa shape index (κ3) is 4.10. The van der Waals surface area contributed by atoms with E-state index in [2.05, 4.69) is 0 Å². The molecule has 2 aliphatic heterocycles. The first kappa shape index (κ1) is 26.2. The van der Waals surface area contributed by atoms with Crippen LogP contribution in [0.2, 0.25) is 0 Å². The van der Waals surface area contributed by atoms with Gasteiger partial charge in [-0.2, -0.15) is 4.31 Å². The number of aromatic nitrogens is 1. The van der Waals surface area contributed by atoms with Crippen LogP contribution in [-0.2, 0) is 27.8 Å². The second-order valence-corrected chi connectivity index (χ2v) is 12.1. The van der Waals surface area contributed by atoms with E-state index in [1.165, 1.54) is 10.5 Å². The Bertz CT molecular complexity index is 1860. The van der Waals surface area contributed by atoms with Crippen LogP contribution in [0.5, 0.6) is 5.75 Å². The molecule has 40 heavy (non-hydrogen) atoms. The van der Waals surface area contributed by atoms with Crippen LogP contribution in [0, 0.1) is 12.7 Å². The van der Waals surface area contributed by atoms with Gasteiger partial charge in [0.25, 0.3) is 0 Å². The monoisotopic (exact) mass is 562 g/mol. The van der Waals surface area contributed by atoms with Crippen molar-refractivity contribution in [2.75, 3.05) is 13.2 Å². The first-order chi connectivity index (χ1) is 19.1. The summed E-state index contributed by atoms with van der Waals surface area (Å²) < 4.78 is 56.6. The molecule has 0 saturated carbocycles. The van der Waals surface area contributed by atoms with Gasteiger partial charge in [0.15, 0.2) is 5.75 Å². The number of fused-ring (bicyclic) bond motifs is 1. The summed E-state index contributed by atoms with van der Waals surface area (Å²) in [7, 11) is -3.71. The fourth-order valence-electron chi connectivity index (χ4n) is 5.40. The molecule has 2 aliphatic rings. The lowest BCUT2D eigenvalue weighted by Crippen LogP contribution is -2.27. The average molecular weight is 563 g/mol. The van der Waals surface area contributed by atoms with E-state index in [-0.39, 0.29) is 59.5 Å². The Hall–Kier alpha value is -4.02. The van der Waals surface area contributed by atoms with Gasteiger partial charge in [0.05, 0.1) is 34.0 Å². The first-order valence-corrected chi connectivity index (χ1v) is 14.4. The number of hydrogen-bond acceptors (Lipinski definition) is 6. The van der Waals surface area contributed by atoms with Crippen LogP contribution >= 0.6 is 0 Å². The van der Waals surface area contributed by atoms with Crippen molar-refractivity contribution in [3.63, 3.8) is 0 Å². The van der Waals surface area contributed by atoms with Crippen molar-refractivity contribution in [2.24, 2.45) is 0 Å². The van der Waals surface area contributed by atoms with Gasteiger partial charge < -0.3 is 14.0 Å². The maximum atomic E-state index is 15.8. The Kier molecular flexibility index (Phi) is 6.27. The number of carbonyl (C=O) groups is 1. The molecule has 0 fully saturated rings. The van der Waals surface area contributed by atoms with Crippen LogP contribution < -0.4 is 10.2 Å². The standard InChI is InChI=1S/C30H27FN2O6S/c1-4-38-30(35)24-15-33-18(3)16-39-29-26(25(31)12-23(27(29)33)28(24)34)19-7-8-20-13-32(14-21(20)11-19)40(36,37)22-9-5-17(2)6-10-22/h5-12,15,18H,4,13-14,16H2,1-3H3/t18-/m0/s1. The lowest BCUT2D eigenvalue weighted by molar-refractivity contribution is 0.0523. The Balaban J connectivity index is 1.44. The summed E-state index contributed by atoms with van der Waals surface area (Å²) in [5.41, 5.74) is 2.86. The van der Waals surface area contributed by atoms with Gasteiger partial charge in [-0.15, -0.1) is 0 Å². The highest BCUT2D eigenvalue weighted by molar-refractivity contribution is 7.89. The number of aryl methyl sites for hydroxylation is 1. The molecular weight excluding hydrogens is 535 g/mol. The van der Waals surface area contributed by atoms with Gasteiger partial charge in [-0.1, -0.05) is 29.8 Å². The largest absolute Gasteiger partial charge is 0.488 e. The van der Waals surface area contributed by atoms with E-state index in [0.29, 0.717) is 11.1 Å². The Morgan fingerprint density at radius 1 is 1.10 bits per heavy atom. The molecule has 8 nitrogen and oxygen atoms in total. The van der Waals surface area contributed by atoms with Crippen molar-refractivity contribution >= 4 is 26.9 Å².